The third-order valence-corrected chi connectivity index (χ3v) is 6.31. The van der Waals surface area contributed by atoms with Crippen LogP contribution in [0.3, 0.4) is 0 Å². The minimum Gasteiger partial charge on any atom is -0.478 e. The standard InChI is InChI=1S/C28H23FN2O2/c29-28-22(14-15-24-23(28)17-30-31-24)27(21-12-9-18(10-13-21)11-16-25(32)33)26(20-7-4-8-20)19-5-2-1-3-6-19/h1-3,5-6,9-17,20H,4,7-8H2,(H,30,31)(H,32,33)/b16-11+,27-26?. The number of rotatable bonds is 6. The first kappa shape index (κ1) is 20.9. The predicted octanol–water partition coefficient (Wildman–Crippen LogP) is 6.56. The molecule has 3 aromatic carbocycles. The van der Waals surface area contributed by atoms with Crippen molar-refractivity contribution in [3.05, 3.63) is 107 Å². The molecular weight excluding hydrogens is 415 g/mol. The highest BCUT2D eigenvalue weighted by Gasteiger charge is 2.28. The van der Waals surface area contributed by atoms with Gasteiger partial charge in [0, 0.05) is 11.6 Å². The van der Waals surface area contributed by atoms with Gasteiger partial charge in [0.05, 0.1) is 17.1 Å². The van der Waals surface area contributed by atoms with Crippen LogP contribution in [0.2, 0.25) is 0 Å². The molecule has 0 bridgehead atoms. The molecule has 0 amide bonds. The molecule has 0 spiro atoms. The zero-order valence-corrected chi connectivity index (χ0v) is 18.0. The Morgan fingerprint density at radius 1 is 1.00 bits per heavy atom. The van der Waals surface area contributed by atoms with Crippen molar-refractivity contribution in [1.29, 1.82) is 0 Å². The fourth-order valence-electron chi connectivity index (χ4n) is 4.46. The number of aromatic nitrogens is 2. The number of allylic oxidation sites excluding steroid dienone is 1. The molecule has 164 valence electrons. The molecule has 1 aromatic heterocycles. The number of aromatic amines is 1. The molecule has 0 atom stereocenters. The molecule has 4 nitrogen and oxygen atoms in total. The minimum absolute atomic E-state index is 0.293. The molecule has 1 fully saturated rings. The lowest BCUT2D eigenvalue weighted by Crippen LogP contribution is -2.15. The van der Waals surface area contributed by atoms with E-state index < -0.39 is 5.97 Å². The van der Waals surface area contributed by atoms with Crippen LogP contribution in [0.5, 0.6) is 0 Å². The summed E-state index contributed by atoms with van der Waals surface area (Å²) in [6, 6.07) is 21.5. The van der Waals surface area contributed by atoms with Crippen molar-refractivity contribution in [3.8, 4) is 0 Å². The molecule has 1 heterocycles. The van der Waals surface area contributed by atoms with E-state index in [4.69, 9.17) is 5.11 Å². The maximum atomic E-state index is 15.8. The molecule has 1 aliphatic carbocycles. The average Bonchev–Trinajstić information content (AvgIpc) is 3.28. The number of aliphatic carboxylic acids is 1. The van der Waals surface area contributed by atoms with Gasteiger partial charge in [0.15, 0.2) is 0 Å². The second kappa shape index (κ2) is 8.87. The van der Waals surface area contributed by atoms with Crippen molar-refractivity contribution in [3.63, 3.8) is 0 Å². The van der Waals surface area contributed by atoms with Crippen LogP contribution >= 0.6 is 0 Å². The highest BCUT2D eigenvalue weighted by molar-refractivity contribution is 6.01. The van der Waals surface area contributed by atoms with Gasteiger partial charge in [-0.1, -0.05) is 61.0 Å². The highest BCUT2D eigenvalue weighted by Crippen LogP contribution is 2.45. The van der Waals surface area contributed by atoms with Gasteiger partial charge >= 0.3 is 5.97 Å². The number of benzene rings is 3. The lowest BCUT2D eigenvalue weighted by molar-refractivity contribution is -0.131. The second-order valence-electron chi connectivity index (χ2n) is 8.33. The maximum Gasteiger partial charge on any atom is 0.328 e. The first-order valence-electron chi connectivity index (χ1n) is 11.0. The van der Waals surface area contributed by atoms with E-state index in [1.165, 1.54) is 6.20 Å². The number of hydrogen-bond acceptors (Lipinski definition) is 2. The normalized spacial score (nSPS) is 14.9. The van der Waals surface area contributed by atoms with Gasteiger partial charge in [-0.2, -0.15) is 5.10 Å². The Labute approximate surface area is 191 Å². The molecule has 4 aromatic rings. The fraction of sp³-hybridized carbons (Fsp3) is 0.143. The van der Waals surface area contributed by atoms with Crippen molar-refractivity contribution in [1.82, 2.24) is 10.2 Å². The second-order valence-corrected chi connectivity index (χ2v) is 8.33. The molecule has 5 rings (SSSR count). The maximum absolute atomic E-state index is 15.8. The smallest absolute Gasteiger partial charge is 0.328 e. The van der Waals surface area contributed by atoms with Crippen molar-refractivity contribution in [2.45, 2.75) is 19.3 Å². The Bertz CT molecular complexity index is 1360. The van der Waals surface area contributed by atoms with Crippen molar-refractivity contribution in [2.24, 2.45) is 5.92 Å². The molecule has 1 saturated carbocycles. The summed E-state index contributed by atoms with van der Waals surface area (Å²) in [5.74, 6) is -0.932. The molecule has 1 aliphatic rings. The Hall–Kier alpha value is -3.99. The topological polar surface area (TPSA) is 66.0 Å². The fourth-order valence-corrected chi connectivity index (χ4v) is 4.46. The Balaban J connectivity index is 1.75. The van der Waals surface area contributed by atoms with E-state index in [9.17, 15) is 4.79 Å². The third-order valence-electron chi connectivity index (χ3n) is 6.31. The van der Waals surface area contributed by atoms with Crippen LogP contribution in [-0.2, 0) is 4.79 Å². The van der Waals surface area contributed by atoms with Gasteiger partial charge in [-0.05, 0) is 64.8 Å². The predicted molar refractivity (Wildman–Crippen MR) is 129 cm³/mol. The summed E-state index contributed by atoms with van der Waals surface area (Å²) in [6.45, 7) is 0. The number of carbonyl (C=O) groups is 1. The van der Waals surface area contributed by atoms with Crippen LogP contribution in [-0.4, -0.2) is 21.3 Å². The van der Waals surface area contributed by atoms with Gasteiger partial charge < -0.3 is 5.11 Å². The molecular formula is C28H23FN2O2. The number of fused-ring (bicyclic) bond motifs is 1. The Morgan fingerprint density at radius 3 is 2.42 bits per heavy atom. The largest absolute Gasteiger partial charge is 0.478 e. The first-order chi connectivity index (χ1) is 16.1. The summed E-state index contributed by atoms with van der Waals surface area (Å²) in [6.07, 6.45) is 7.50. The van der Waals surface area contributed by atoms with E-state index in [0.29, 0.717) is 22.4 Å². The quantitative estimate of drug-likeness (QED) is 0.265. The van der Waals surface area contributed by atoms with Gasteiger partial charge in [-0.3, -0.25) is 5.10 Å². The number of nitrogens with one attached hydrogen (secondary N) is 1. The van der Waals surface area contributed by atoms with Crippen LogP contribution in [0.1, 0.15) is 41.5 Å². The number of hydrogen-bond donors (Lipinski definition) is 2. The third kappa shape index (κ3) is 4.10. The van der Waals surface area contributed by atoms with Gasteiger partial charge in [-0.15, -0.1) is 0 Å². The monoisotopic (exact) mass is 438 g/mol. The summed E-state index contributed by atoms with van der Waals surface area (Å²) < 4.78 is 15.8. The van der Waals surface area contributed by atoms with Crippen molar-refractivity contribution >= 4 is 34.1 Å². The van der Waals surface area contributed by atoms with Gasteiger partial charge in [-0.25, -0.2) is 9.18 Å². The van der Waals surface area contributed by atoms with Crippen molar-refractivity contribution in [2.75, 3.05) is 0 Å². The summed E-state index contributed by atoms with van der Waals surface area (Å²) >= 11 is 0. The molecule has 0 radical (unpaired) electrons. The SMILES string of the molecule is O=C(O)/C=C/c1ccc(C(=C(c2ccccc2)C2CCC2)c2ccc3[nH]ncc3c2F)cc1. The summed E-state index contributed by atoms with van der Waals surface area (Å²) in [5, 5.41) is 16.2. The van der Waals surface area contributed by atoms with Gasteiger partial charge in [0.25, 0.3) is 0 Å². The zero-order valence-electron chi connectivity index (χ0n) is 18.0. The van der Waals surface area contributed by atoms with Crippen LogP contribution in [0.4, 0.5) is 4.39 Å². The first-order valence-corrected chi connectivity index (χ1v) is 11.0. The molecule has 5 heteroatoms. The summed E-state index contributed by atoms with van der Waals surface area (Å²) in [5.41, 5.74) is 6.00. The van der Waals surface area contributed by atoms with E-state index in [1.54, 1.807) is 6.08 Å². The minimum atomic E-state index is -0.994. The van der Waals surface area contributed by atoms with Crippen LogP contribution in [0.25, 0.3) is 28.1 Å². The van der Waals surface area contributed by atoms with E-state index >= 15 is 4.39 Å². The van der Waals surface area contributed by atoms with Crippen molar-refractivity contribution < 1.29 is 14.3 Å². The van der Waals surface area contributed by atoms with E-state index in [0.717, 1.165) is 53.2 Å². The molecule has 0 saturated heterocycles. The summed E-state index contributed by atoms with van der Waals surface area (Å²) in [4.78, 5) is 10.9. The van der Waals surface area contributed by atoms with Gasteiger partial charge in [0.2, 0.25) is 0 Å². The molecule has 2 N–H and O–H groups in total. The average molecular weight is 439 g/mol. The lowest BCUT2D eigenvalue weighted by atomic mass is 9.73. The molecule has 0 unspecified atom stereocenters. The number of carboxylic acid groups (broad SMARTS) is 1. The van der Waals surface area contributed by atoms with Gasteiger partial charge in [0.1, 0.15) is 5.82 Å². The number of carboxylic acids is 1. The Kier molecular flexibility index (Phi) is 5.61. The molecule has 0 aliphatic heterocycles. The number of nitrogens with zero attached hydrogens (tertiary/aromatic N) is 1. The van der Waals surface area contributed by atoms with E-state index in [-0.39, 0.29) is 5.82 Å². The Morgan fingerprint density at radius 2 is 1.76 bits per heavy atom. The van der Waals surface area contributed by atoms with Crippen LogP contribution in [0.15, 0.2) is 79.0 Å². The number of H-pyrrole nitrogens is 1. The van der Waals surface area contributed by atoms with E-state index in [1.807, 2.05) is 54.6 Å². The van der Waals surface area contributed by atoms with Crippen LogP contribution < -0.4 is 0 Å². The zero-order chi connectivity index (χ0) is 22.8. The highest BCUT2D eigenvalue weighted by atomic mass is 19.1. The summed E-state index contributed by atoms with van der Waals surface area (Å²) in [7, 11) is 0. The number of halogens is 1. The molecule has 33 heavy (non-hydrogen) atoms. The van der Waals surface area contributed by atoms with Crippen LogP contribution in [0, 0.1) is 11.7 Å². The lowest BCUT2D eigenvalue weighted by Gasteiger charge is -2.31. The van der Waals surface area contributed by atoms with E-state index in [2.05, 4.69) is 22.3 Å².